The van der Waals surface area contributed by atoms with Gasteiger partial charge in [0.2, 0.25) is 5.91 Å². The minimum absolute atomic E-state index is 0.000850. The number of benzene rings is 2. The number of carbonyl (C=O) groups is 3. The fraction of sp³-hybridized carbons (Fsp3) is 0.308. The minimum atomic E-state index is -1.03. The molecule has 8 nitrogen and oxygen atoms in total. The molecule has 1 heterocycles. The number of aromatic nitrogens is 1. The maximum atomic E-state index is 13.7. The van der Waals surface area contributed by atoms with Crippen LogP contribution in [0.25, 0.3) is 0 Å². The Morgan fingerprint density at radius 2 is 1.65 bits per heavy atom. The molecule has 1 aromatic heterocycles. The van der Waals surface area contributed by atoms with Gasteiger partial charge in [-0.2, -0.15) is 4.37 Å². The SMILES string of the molecule is CC(C(=O)NCc1ccc(F)cc1)N(C(=O)c1snc(C(=O)NC2CCCC2)c1N)c1ccc(F)cc1. The Kier molecular flexibility index (Phi) is 8.12. The second-order valence-electron chi connectivity index (χ2n) is 8.90. The number of carbonyl (C=O) groups excluding carboxylic acids is 3. The average Bonchev–Trinajstić information content (AvgIpc) is 3.54. The number of rotatable bonds is 8. The van der Waals surface area contributed by atoms with E-state index < -0.39 is 35.4 Å². The topological polar surface area (TPSA) is 117 Å². The van der Waals surface area contributed by atoms with Crippen molar-refractivity contribution in [2.45, 2.75) is 51.2 Å². The van der Waals surface area contributed by atoms with Gasteiger partial charge in [-0.05, 0) is 73.3 Å². The number of nitrogens with two attached hydrogens (primary N) is 1. The van der Waals surface area contributed by atoms with Gasteiger partial charge >= 0.3 is 0 Å². The Balaban J connectivity index is 1.56. The maximum absolute atomic E-state index is 13.7. The van der Waals surface area contributed by atoms with E-state index in [4.69, 9.17) is 5.73 Å². The zero-order valence-electron chi connectivity index (χ0n) is 20.2. The third-order valence-electron chi connectivity index (χ3n) is 6.30. The van der Waals surface area contributed by atoms with E-state index in [0.29, 0.717) is 5.56 Å². The van der Waals surface area contributed by atoms with Crippen LogP contribution in [0.5, 0.6) is 0 Å². The molecule has 0 saturated heterocycles. The second-order valence-corrected chi connectivity index (χ2v) is 9.67. The van der Waals surface area contributed by atoms with E-state index in [1.807, 2.05) is 0 Å². The zero-order valence-corrected chi connectivity index (χ0v) is 21.0. The summed E-state index contributed by atoms with van der Waals surface area (Å²) in [6, 6.07) is 9.77. The third kappa shape index (κ3) is 6.11. The Morgan fingerprint density at radius 3 is 2.27 bits per heavy atom. The van der Waals surface area contributed by atoms with Gasteiger partial charge in [-0.25, -0.2) is 8.78 Å². The van der Waals surface area contributed by atoms with Gasteiger partial charge < -0.3 is 16.4 Å². The molecule has 3 aromatic rings. The lowest BCUT2D eigenvalue weighted by molar-refractivity contribution is -0.122. The Hall–Kier alpha value is -3.86. The molecule has 0 spiro atoms. The van der Waals surface area contributed by atoms with Crippen LogP contribution in [0.15, 0.2) is 48.5 Å². The molecule has 1 aliphatic rings. The molecule has 1 aliphatic carbocycles. The van der Waals surface area contributed by atoms with Gasteiger partial charge in [0.25, 0.3) is 11.8 Å². The summed E-state index contributed by atoms with van der Waals surface area (Å²) >= 11 is 0.769. The van der Waals surface area contributed by atoms with E-state index in [1.165, 1.54) is 48.2 Å². The van der Waals surface area contributed by atoms with Crippen LogP contribution in [0.4, 0.5) is 20.2 Å². The molecule has 1 atom stereocenters. The quantitative estimate of drug-likeness (QED) is 0.409. The number of halogens is 2. The number of hydrogen-bond acceptors (Lipinski definition) is 6. The lowest BCUT2D eigenvalue weighted by Gasteiger charge is -2.28. The van der Waals surface area contributed by atoms with Crippen LogP contribution in [0.2, 0.25) is 0 Å². The van der Waals surface area contributed by atoms with Crippen LogP contribution < -0.4 is 21.3 Å². The van der Waals surface area contributed by atoms with Crippen molar-refractivity contribution in [3.05, 3.63) is 76.3 Å². The molecular weight excluding hydrogens is 500 g/mol. The van der Waals surface area contributed by atoms with Crippen LogP contribution >= 0.6 is 11.5 Å². The van der Waals surface area contributed by atoms with Crippen molar-refractivity contribution in [1.29, 1.82) is 0 Å². The molecular formula is C26H27F2N5O3S. The smallest absolute Gasteiger partial charge is 0.273 e. The fourth-order valence-electron chi connectivity index (χ4n) is 4.22. The highest BCUT2D eigenvalue weighted by molar-refractivity contribution is 7.09. The van der Waals surface area contributed by atoms with E-state index in [-0.39, 0.29) is 34.5 Å². The number of nitrogens with one attached hydrogen (secondary N) is 2. The summed E-state index contributed by atoms with van der Waals surface area (Å²) in [5.41, 5.74) is 7.02. The molecule has 194 valence electrons. The largest absolute Gasteiger partial charge is 0.395 e. The monoisotopic (exact) mass is 527 g/mol. The van der Waals surface area contributed by atoms with Gasteiger partial charge in [0.15, 0.2) is 5.69 Å². The first kappa shape index (κ1) is 26.2. The molecule has 1 unspecified atom stereocenters. The van der Waals surface area contributed by atoms with E-state index in [1.54, 1.807) is 12.1 Å². The Morgan fingerprint density at radius 1 is 1.05 bits per heavy atom. The number of nitrogens with zero attached hydrogens (tertiary/aromatic N) is 2. The summed E-state index contributed by atoms with van der Waals surface area (Å²) in [5, 5.41) is 5.63. The minimum Gasteiger partial charge on any atom is -0.395 e. The summed E-state index contributed by atoms with van der Waals surface area (Å²) in [7, 11) is 0. The van der Waals surface area contributed by atoms with Crippen LogP contribution in [0.3, 0.4) is 0 Å². The summed E-state index contributed by atoms with van der Waals surface area (Å²) < 4.78 is 30.9. The number of amides is 3. The van der Waals surface area contributed by atoms with Crippen LogP contribution in [-0.4, -0.2) is 34.2 Å². The standard InChI is InChI=1S/C26H27F2N5O3S/c1-15(24(34)30-14-16-6-8-17(27)9-7-16)33(20-12-10-18(28)11-13-20)26(36)23-21(29)22(32-37-23)25(35)31-19-4-2-3-5-19/h6-13,15,19H,2-5,14,29H2,1H3,(H,30,34)(H,31,35). The van der Waals surface area contributed by atoms with E-state index in [2.05, 4.69) is 15.0 Å². The van der Waals surface area contributed by atoms with Crippen LogP contribution in [-0.2, 0) is 11.3 Å². The molecule has 1 fully saturated rings. The first-order chi connectivity index (χ1) is 17.7. The summed E-state index contributed by atoms with van der Waals surface area (Å²) in [6.45, 7) is 1.63. The molecule has 3 amide bonds. The van der Waals surface area contributed by atoms with Gasteiger partial charge in [0.1, 0.15) is 22.6 Å². The van der Waals surface area contributed by atoms with Crippen molar-refractivity contribution in [3.63, 3.8) is 0 Å². The van der Waals surface area contributed by atoms with Crippen LogP contribution in [0, 0.1) is 11.6 Å². The van der Waals surface area contributed by atoms with Crippen molar-refractivity contribution in [1.82, 2.24) is 15.0 Å². The number of anilines is 2. The first-order valence-electron chi connectivity index (χ1n) is 11.9. The lowest BCUT2D eigenvalue weighted by Crippen LogP contribution is -2.48. The predicted octanol–water partition coefficient (Wildman–Crippen LogP) is 4.03. The highest BCUT2D eigenvalue weighted by atomic mass is 32.1. The summed E-state index contributed by atoms with van der Waals surface area (Å²) in [6.07, 6.45) is 3.83. The molecule has 0 bridgehead atoms. The van der Waals surface area contributed by atoms with Crippen molar-refractivity contribution in [2.75, 3.05) is 10.6 Å². The van der Waals surface area contributed by atoms with Gasteiger partial charge in [0, 0.05) is 18.3 Å². The van der Waals surface area contributed by atoms with E-state index >= 15 is 0 Å². The Bertz CT molecular complexity index is 1270. The molecule has 2 aromatic carbocycles. The first-order valence-corrected chi connectivity index (χ1v) is 12.7. The molecule has 0 aliphatic heterocycles. The highest BCUT2D eigenvalue weighted by Gasteiger charge is 2.33. The lowest BCUT2D eigenvalue weighted by atomic mass is 10.1. The molecule has 4 N–H and O–H groups in total. The van der Waals surface area contributed by atoms with Crippen LogP contribution in [0.1, 0.15) is 58.3 Å². The van der Waals surface area contributed by atoms with Gasteiger partial charge in [-0.1, -0.05) is 25.0 Å². The summed E-state index contributed by atoms with van der Waals surface area (Å²) in [4.78, 5) is 40.6. The van der Waals surface area contributed by atoms with Crippen molar-refractivity contribution in [2.24, 2.45) is 0 Å². The average molecular weight is 528 g/mol. The molecule has 4 rings (SSSR count). The van der Waals surface area contributed by atoms with Gasteiger partial charge in [-0.3, -0.25) is 19.3 Å². The van der Waals surface area contributed by atoms with E-state index in [0.717, 1.165) is 37.2 Å². The van der Waals surface area contributed by atoms with E-state index in [9.17, 15) is 23.2 Å². The molecule has 1 saturated carbocycles. The zero-order chi connectivity index (χ0) is 26.5. The molecule has 0 radical (unpaired) electrons. The van der Waals surface area contributed by atoms with Crippen molar-refractivity contribution < 1.29 is 23.2 Å². The molecule has 37 heavy (non-hydrogen) atoms. The maximum Gasteiger partial charge on any atom is 0.273 e. The highest BCUT2D eigenvalue weighted by Crippen LogP contribution is 2.28. The van der Waals surface area contributed by atoms with Gasteiger partial charge in [-0.15, -0.1) is 0 Å². The molecule has 11 heteroatoms. The number of hydrogen-bond donors (Lipinski definition) is 3. The van der Waals surface area contributed by atoms with Crippen molar-refractivity contribution in [3.8, 4) is 0 Å². The normalized spacial score (nSPS) is 14.2. The predicted molar refractivity (Wildman–Crippen MR) is 137 cm³/mol. The van der Waals surface area contributed by atoms with Crippen molar-refractivity contribution >= 4 is 40.6 Å². The van der Waals surface area contributed by atoms with Gasteiger partial charge in [0.05, 0.1) is 5.69 Å². The second kappa shape index (κ2) is 11.5. The summed E-state index contributed by atoms with van der Waals surface area (Å²) in [5.74, 6) is -2.49. The fourth-order valence-corrected chi connectivity index (χ4v) is 4.96. The Labute approximate surface area is 217 Å². The third-order valence-corrected chi connectivity index (χ3v) is 7.15. The number of nitrogen functional groups attached to an aromatic ring is 1.